The molecular weight excluding hydrogens is 419 g/mol. The Kier molecular flexibility index (Phi) is 7.24. The molecule has 28 heavy (non-hydrogen) atoms. The normalized spacial score (nSPS) is 17.1. The first-order chi connectivity index (χ1) is 13.4. The van der Waals surface area contributed by atoms with Crippen molar-refractivity contribution < 1.29 is 9.53 Å². The number of anilines is 1. The molecule has 7 heteroatoms. The number of hydrogen-bond acceptors (Lipinski definition) is 3. The topological polar surface area (TPSA) is 50.4 Å². The second-order valence-corrected chi connectivity index (χ2v) is 8.40. The summed E-state index contributed by atoms with van der Waals surface area (Å²) in [5, 5.41) is 7.89. The van der Waals surface area contributed by atoms with Gasteiger partial charge in [-0.2, -0.15) is 0 Å². The zero-order valence-corrected chi connectivity index (χ0v) is 17.9. The third kappa shape index (κ3) is 5.19. The third-order valence-corrected chi connectivity index (χ3v) is 6.04. The van der Waals surface area contributed by atoms with Crippen LogP contribution in [0.15, 0.2) is 42.5 Å². The van der Waals surface area contributed by atoms with Gasteiger partial charge in [0.25, 0.3) is 0 Å². The van der Waals surface area contributed by atoms with Crippen LogP contribution in [0.5, 0.6) is 0 Å². The van der Waals surface area contributed by atoms with Crippen LogP contribution in [0.1, 0.15) is 25.3 Å². The predicted molar refractivity (Wildman–Crippen MR) is 116 cm³/mol. The van der Waals surface area contributed by atoms with Crippen LogP contribution in [0.3, 0.4) is 0 Å². The van der Waals surface area contributed by atoms with E-state index >= 15 is 0 Å². The number of rotatable bonds is 6. The van der Waals surface area contributed by atoms with Crippen LogP contribution >= 0.6 is 34.8 Å². The van der Waals surface area contributed by atoms with Crippen LogP contribution in [0, 0.1) is 0 Å². The van der Waals surface area contributed by atoms with Gasteiger partial charge in [0.15, 0.2) is 0 Å². The summed E-state index contributed by atoms with van der Waals surface area (Å²) in [5.41, 5.74) is 1.67. The van der Waals surface area contributed by atoms with E-state index in [0.29, 0.717) is 40.5 Å². The summed E-state index contributed by atoms with van der Waals surface area (Å²) >= 11 is 18.1. The molecule has 0 aromatic heterocycles. The smallest absolute Gasteiger partial charge is 0.241 e. The first-order valence-corrected chi connectivity index (χ1v) is 10.4. The molecule has 2 aromatic carbocycles. The standard InChI is InChI=1S/C21H23Cl3N2O2/c1-14(20(27)26-19-7-6-17(23)12-18(19)24)25-13-21(8-10-28-11-9-21)15-2-4-16(22)5-3-15/h2-7,12,14,25H,8-11,13H2,1H3,(H,26,27). The highest BCUT2D eigenvalue weighted by molar-refractivity contribution is 6.36. The van der Waals surface area contributed by atoms with Crippen molar-refractivity contribution in [3.63, 3.8) is 0 Å². The van der Waals surface area contributed by atoms with E-state index in [1.54, 1.807) is 18.2 Å². The van der Waals surface area contributed by atoms with E-state index in [1.165, 1.54) is 5.56 Å². The number of hydrogen-bond donors (Lipinski definition) is 2. The molecule has 0 spiro atoms. The van der Waals surface area contributed by atoms with Crippen molar-refractivity contribution in [1.82, 2.24) is 5.32 Å². The van der Waals surface area contributed by atoms with E-state index in [4.69, 9.17) is 39.5 Å². The molecule has 0 aliphatic carbocycles. The summed E-state index contributed by atoms with van der Waals surface area (Å²) in [5.74, 6) is -0.150. The summed E-state index contributed by atoms with van der Waals surface area (Å²) < 4.78 is 5.57. The van der Waals surface area contributed by atoms with Crippen LogP contribution in [0.25, 0.3) is 0 Å². The fourth-order valence-electron chi connectivity index (χ4n) is 3.41. The van der Waals surface area contributed by atoms with Gasteiger partial charge in [-0.3, -0.25) is 4.79 Å². The molecule has 1 amide bonds. The fourth-order valence-corrected chi connectivity index (χ4v) is 3.99. The summed E-state index contributed by atoms with van der Waals surface area (Å²) in [6.45, 7) is 3.91. The number of halogens is 3. The Bertz CT molecular complexity index is 821. The van der Waals surface area contributed by atoms with Crippen LogP contribution in [-0.4, -0.2) is 31.7 Å². The van der Waals surface area contributed by atoms with E-state index in [9.17, 15) is 4.79 Å². The van der Waals surface area contributed by atoms with E-state index in [0.717, 1.165) is 12.8 Å². The van der Waals surface area contributed by atoms with E-state index in [-0.39, 0.29) is 11.3 Å². The highest BCUT2D eigenvalue weighted by Crippen LogP contribution is 2.35. The first-order valence-electron chi connectivity index (χ1n) is 9.23. The van der Waals surface area contributed by atoms with Crippen molar-refractivity contribution in [2.75, 3.05) is 25.1 Å². The minimum absolute atomic E-state index is 0.0880. The average molecular weight is 442 g/mol. The van der Waals surface area contributed by atoms with Crippen molar-refractivity contribution in [3.8, 4) is 0 Å². The zero-order chi connectivity index (χ0) is 20.1. The molecular formula is C21H23Cl3N2O2. The number of amides is 1. The second kappa shape index (κ2) is 9.47. The molecule has 1 aliphatic heterocycles. The van der Waals surface area contributed by atoms with Gasteiger partial charge in [-0.1, -0.05) is 46.9 Å². The van der Waals surface area contributed by atoms with Crippen molar-refractivity contribution in [1.29, 1.82) is 0 Å². The Morgan fingerprint density at radius 1 is 1.07 bits per heavy atom. The lowest BCUT2D eigenvalue weighted by Crippen LogP contribution is -2.48. The Hall–Kier alpha value is -1.30. The Labute approximate surface area is 180 Å². The van der Waals surface area contributed by atoms with E-state index in [2.05, 4.69) is 22.8 Å². The van der Waals surface area contributed by atoms with Crippen molar-refractivity contribution in [3.05, 3.63) is 63.1 Å². The molecule has 4 nitrogen and oxygen atoms in total. The van der Waals surface area contributed by atoms with Crippen LogP contribution < -0.4 is 10.6 Å². The molecule has 2 N–H and O–H groups in total. The fraction of sp³-hybridized carbons (Fsp3) is 0.381. The monoisotopic (exact) mass is 440 g/mol. The van der Waals surface area contributed by atoms with Gasteiger partial charge in [0, 0.05) is 35.2 Å². The maximum atomic E-state index is 12.6. The van der Waals surface area contributed by atoms with Gasteiger partial charge in [-0.05, 0) is 55.7 Å². The minimum Gasteiger partial charge on any atom is -0.381 e. The SMILES string of the molecule is CC(NCC1(c2ccc(Cl)cc2)CCOCC1)C(=O)Nc1ccc(Cl)cc1Cl. The summed E-state index contributed by atoms with van der Waals surface area (Å²) in [4.78, 5) is 12.6. The summed E-state index contributed by atoms with van der Waals surface area (Å²) in [6, 6.07) is 12.6. The maximum Gasteiger partial charge on any atom is 0.241 e. The molecule has 0 radical (unpaired) electrons. The molecule has 2 aromatic rings. The molecule has 3 rings (SSSR count). The van der Waals surface area contributed by atoms with Gasteiger partial charge < -0.3 is 15.4 Å². The third-order valence-electron chi connectivity index (χ3n) is 5.24. The molecule has 150 valence electrons. The average Bonchev–Trinajstić information content (AvgIpc) is 2.69. The number of carbonyl (C=O) groups excluding carboxylic acids is 1. The van der Waals surface area contributed by atoms with Gasteiger partial charge >= 0.3 is 0 Å². The number of nitrogens with one attached hydrogen (secondary N) is 2. The Morgan fingerprint density at radius 3 is 2.36 bits per heavy atom. The maximum absolute atomic E-state index is 12.6. The number of ether oxygens (including phenoxy) is 1. The molecule has 0 saturated carbocycles. The molecule has 1 saturated heterocycles. The van der Waals surface area contributed by atoms with Gasteiger partial charge in [0.2, 0.25) is 5.91 Å². The lowest BCUT2D eigenvalue weighted by molar-refractivity contribution is -0.117. The van der Waals surface area contributed by atoms with Crippen LogP contribution in [-0.2, 0) is 14.9 Å². The van der Waals surface area contributed by atoms with Crippen LogP contribution in [0.4, 0.5) is 5.69 Å². The van der Waals surface area contributed by atoms with E-state index in [1.807, 2.05) is 19.1 Å². The molecule has 1 unspecified atom stereocenters. The van der Waals surface area contributed by atoms with Gasteiger partial charge in [0.1, 0.15) is 0 Å². The lowest BCUT2D eigenvalue weighted by atomic mass is 9.74. The van der Waals surface area contributed by atoms with Crippen molar-refractivity contribution in [2.24, 2.45) is 0 Å². The summed E-state index contributed by atoms with van der Waals surface area (Å²) in [6.07, 6.45) is 1.78. The number of carbonyl (C=O) groups is 1. The molecule has 0 bridgehead atoms. The minimum atomic E-state index is -0.390. The number of benzene rings is 2. The zero-order valence-electron chi connectivity index (χ0n) is 15.6. The van der Waals surface area contributed by atoms with Gasteiger partial charge in [0.05, 0.1) is 16.8 Å². The molecule has 1 aliphatic rings. The van der Waals surface area contributed by atoms with Gasteiger partial charge in [-0.15, -0.1) is 0 Å². The molecule has 1 fully saturated rings. The summed E-state index contributed by atoms with van der Waals surface area (Å²) in [7, 11) is 0. The molecule has 1 heterocycles. The van der Waals surface area contributed by atoms with Crippen molar-refractivity contribution in [2.45, 2.75) is 31.2 Å². The highest BCUT2D eigenvalue weighted by atomic mass is 35.5. The second-order valence-electron chi connectivity index (χ2n) is 7.12. The van der Waals surface area contributed by atoms with Crippen molar-refractivity contribution >= 4 is 46.4 Å². The Morgan fingerprint density at radius 2 is 1.71 bits per heavy atom. The quantitative estimate of drug-likeness (QED) is 0.638. The largest absolute Gasteiger partial charge is 0.381 e. The van der Waals surface area contributed by atoms with Gasteiger partial charge in [-0.25, -0.2) is 0 Å². The first kappa shape index (κ1) is 21.4. The van der Waals surface area contributed by atoms with Crippen LogP contribution in [0.2, 0.25) is 15.1 Å². The highest BCUT2D eigenvalue weighted by Gasteiger charge is 2.35. The Balaban J connectivity index is 1.67. The van der Waals surface area contributed by atoms with E-state index < -0.39 is 6.04 Å². The predicted octanol–water partition coefficient (Wildman–Crippen LogP) is 5.31. The lowest BCUT2D eigenvalue weighted by Gasteiger charge is -2.38. The molecule has 1 atom stereocenters.